The smallest absolute Gasteiger partial charge is 0.331 e. The highest BCUT2D eigenvalue weighted by molar-refractivity contribution is 6.30. The Kier molecular flexibility index (Phi) is 5.28. The lowest BCUT2D eigenvalue weighted by atomic mass is 10.3. The number of benzene rings is 2. The van der Waals surface area contributed by atoms with Gasteiger partial charge >= 0.3 is 5.97 Å². The summed E-state index contributed by atoms with van der Waals surface area (Å²) in [6.45, 7) is -0.581. The second kappa shape index (κ2) is 7.79. The summed E-state index contributed by atoms with van der Waals surface area (Å²) in [4.78, 5) is 27.5. The van der Waals surface area contributed by atoms with Gasteiger partial charge in [-0.3, -0.25) is 4.79 Å². The van der Waals surface area contributed by atoms with E-state index >= 15 is 0 Å². The molecule has 0 saturated carbocycles. The van der Waals surface area contributed by atoms with E-state index in [0.717, 1.165) is 12.1 Å². The van der Waals surface area contributed by atoms with E-state index in [4.69, 9.17) is 20.8 Å². The van der Waals surface area contributed by atoms with E-state index in [1.54, 1.807) is 18.2 Å². The molecule has 1 heterocycles. The predicted octanol–water partition coefficient (Wildman–Crippen LogP) is 3.82. The molecule has 0 aliphatic carbocycles. The molecule has 1 N–H and O–H groups in total. The van der Waals surface area contributed by atoms with Gasteiger partial charge < -0.3 is 14.5 Å². The Balaban J connectivity index is 1.53. The zero-order valence-corrected chi connectivity index (χ0v) is 14.0. The highest BCUT2D eigenvalue weighted by atomic mass is 35.5. The molecule has 3 aromatic rings. The van der Waals surface area contributed by atoms with Crippen LogP contribution in [0.15, 0.2) is 53.0 Å². The lowest BCUT2D eigenvalue weighted by Gasteiger charge is -2.06. The Hall–Kier alpha value is -3.19. The third kappa shape index (κ3) is 4.46. The van der Waals surface area contributed by atoms with Gasteiger partial charge in [-0.05, 0) is 30.3 Å². The van der Waals surface area contributed by atoms with Gasteiger partial charge in [0, 0.05) is 17.2 Å². The van der Waals surface area contributed by atoms with E-state index in [1.807, 2.05) is 6.07 Å². The van der Waals surface area contributed by atoms with Gasteiger partial charge in [-0.1, -0.05) is 23.7 Å². The second-order valence-corrected chi connectivity index (χ2v) is 5.57. The van der Waals surface area contributed by atoms with Crippen LogP contribution in [-0.2, 0) is 14.3 Å². The summed E-state index contributed by atoms with van der Waals surface area (Å²) in [5.41, 5.74) is 1.15. The molecule has 3 rings (SSSR count). The van der Waals surface area contributed by atoms with Crippen LogP contribution in [-0.4, -0.2) is 23.5 Å². The van der Waals surface area contributed by atoms with E-state index in [1.165, 1.54) is 18.2 Å². The summed E-state index contributed by atoms with van der Waals surface area (Å²) in [7, 11) is 0. The second-order valence-electron chi connectivity index (χ2n) is 5.13. The van der Waals surface area contributed by atoms with Crippen molar-refractivity contribution >= 4 is 46.3 Å². The van der Waals surface area contributed by atoms with Crippen LogP contribution in [0.25, 0.3) is 17.2 Å². The van der Waals surface area contributed by atoms with Crippen molar-refractivity contribution in [3.8, 4) is 0 Å². The molecule has 132 valence electrons. The molecule has 0 atom stereocenters. The van der Waals surface area contributed by atoms with E-state index in [-0.39, 0.29) is 16.6 Å². The summed E-state index contributed by atoms with van der Waals surface area (Å²) < 4.78 is 23.7. The van der Waals surface area contributed by atoms with E-state index in [9.17, 15) is 14.0 Å². The van der Waals surface area contributed by atoms with Crippen LogP contribution in [0, 0.1) is 5.82 Å². The molecule has 26 heavy (non-hydrogen) atoms. The minimum atomic E-state index is -0.769. The molecular weight excluding hydrogens is 363 g/mol. The van der Waals surface area contributed by atoms with Crippen molar-refractivity contribution in [3.63, 3.8) is 0 Å². The summed E-state index contributed by atoms with van der Waals surface area (Å²) >= 11 is 5.73. The van der Waals surface area contributed by atoms with E-state index in [0.29, 0.717) is 11.1 Å². The summed E-state index contributed by atoms with van der Waals surface area (Å²) in [5, 5.41) is 2.53. The topological polar surface area (TPSA) is 81.4 Å². The molecule has 6 nitrogen and oxygen atoms in total. The van der Waals surface area contributed by atoms with Crippen LogP contribution >= 0.6 is 11.6 Å². The van der Waals surface area contributed by atoms with Gasteiger partial charge in [0.2, 0.25) is 5.89 Å². The van der Waals surface area contributed by atoms with Crippen LogP contribution in [0.1, 0.15) is 5.89 Å². The molecule has 2 aromatic carbocycles. The number of para-hydroxylation sites is 2. The molecule has 0 spiro atoms. The van der Waals surface area contributed by atoms with Gasteiger partial charge in [0.05, 0.1) is 5.69 Å². The average Bonchev–Trinajstić information content (AvgIpc) is 3.04. The Morgan fingerprint density at radius 2 is 2.08 bits per heavy atom. The average molecular weight is 375 g/mol. The van der Waals surface area contributed by atoms with Crippen LogP contribution in [0.4, 0.5) is 10.1 Å². The van der Waals surface area contributed by atoms with Gasteiger partial charge in [0.25, 0.3) is 5.91 Å². The van der Waals surface area contributed by atoms with Gasteiger partial charge in [0.15, 0.2) is 12.2 Å². The Labute approximate surface area is 152 Å². The number of oxazole rings is 1. The summed E-state index contributed by atoms with van der Waals surface area (Å²) in [5.74, 6) is -1.89. The maximum Gasteiger partial charge on any atom is 0.331 e. The number of aromatic nitrogens is 1. The standard InChI is InChI=1S/C18H12ClFN2O4/c19-11-5-6-12(20)14(9-11)21-16(23)10-25-18(24)8-7-17-22-13-3-1-2-4-15(13)26-17/h1-9H,10H2,(H,21,23)/b8-7+. The molecule has 8 heteroatoms. The maximum absolute atomic E-state index is 13.5. The molecule has 0 fully saturated rings. The normalized spacial score (nSPS) is 11.0. The van der Waals surface area contributed by atoms with Gasteiger partial charge in [0.1, 0.15) is 11.3 Å². The zero-order valence-electron chi connectivity index (χ0n) is 13.2. The minimum absolute atomic E-state index is 0.0967. The lowest BCUT2D eigenvalue weighted by molar-refractivity contribution is -0.142. The monoisotopic (exact) mass is 374 g/mol. The first-order chi connectivity index (χ1) is 12.5. The first-order valence-corrected chi connectivity index (χ1v) is 7.84. The van der Waals surface area contributed by atoms with Crippen LogP contribution in [0.5, 0.6) is 0 Å². The molecule has 1 aromatic heterocycles. The third-order valence-corrected chi connectivity index (χ3v) is 3.46. The number of esters is 1. The number of amides is 1. The molecule has 0 bridgehead atoms. The zero-order chi connectivity index (χ0) is 18.5. The van der Waals surface area contributed by atoms with Crippen LogP contribution < -0.4 is 5.32 Å². The van der Waals surface area contributed by atoms with Crippen LogP contribution in [0.3, 0.4) is 0 Å². The molecule has 0 aliphatic heterocycles. The molecule has 0 saturated heterocycles. The van der Waals surface area contributed by atoms with Crippen molar-refractivity contribution < 1.29 is 23.1 Å². The number of nitrogens with one attached hydrogen (secondary N) is 1. The van der Waals surface area contributed by atoms with Gasteiger partial charge in [-0.15, -0.1) is 0 Å². The highest BCUT2D eigenvalue weighted by Crippen LogP contribution is 2.19. The number of carbonyl (C=O) groups excluding carboxylic acids is 2. The van der Waals surface area contributed by atoms with Crippen LogP contribution in [0.2, 0.25) is 5.02 Å². The molecule has 0 unspecified atom stereocenters. The number of halogens is 2. The number of rotatable bonds is 5. The number of carbonyl (C=O) groups is 2. The number of nitrogens with zero attached hydrogens (tertiary/aromatic N) is 1. The Morgan fingerprint density at radius 3 is 2.88 bits per heavy atom. The fourth-order valence-electron chi connectivity index (χ4n) is 2.07. The van der Waals surface area contributed by atoms with Crippen molar-refractivity contribution in [1.82, 2.24) is 4.98 Å². The first-order valence-electron chi connectivity index (χ1n) is 7.46. The fraction of sp³-hybridized carbons (Fsp3) is 0.0556. The highest BCUT2D eigenvalue weighted by Gasteiger charge is 2.10. The summed E-state index contributed by atoms with van der Waals surface area (Å²) in [6.07, 6.45) is 2.41. The first kappa shape index (κ1) is 17.6. The number of ether oxygens (including phenoxy) is 1. The predicted molar refractivity (Wildman–Crippen MR) is 94.0 cm³/mol. The molecule has 0 aliphatic rings. The van der Waals surface area contributed by atoms with Crippen molar-refractivity contribution in [1.29, 1.82) is 0 Å². The molecule has 0 radical (unpaired) electrons. The number of hydrogen-bond donors (Lipinski definition) is 1. The van der Waals surface area contributed by atoms with E-state index in [2.05, 4.69) is 10.3 Å². The molecular formula is C18H12ClFN2O4. The van der Waals surface area contributed by atoms with Crippen molar-refractivity contribution in [2.75, 3.05) is 11.9 Å². The quantitative estimate of drug-likeness (QED) is 0.542. The largest absolute Gasteiger partial charge is 0.452 e. The van der Waals surface area contributed by atoms with Crippen molar-refractivity contribution in [2.45, 2.75) is 0 Å². The Morgan fingerprint density at radius 1 is 1.27 bits per heavy atom. The van der Waals surface area contributed by atoms with Crippen molar-refractivity contribution in [2.24, 2.45) is 0 Å². The van der Waals surface area contributed by atoms with Gasteiger partial charge in [-0.25, -0.2) is 14.2 Å². The number of hydrogen-bond acceptors (Lipinski definition) is 5. The van der Waals surface area contributed by atoms with E-state index < -0.39 is 24.3 Å². The number of fused-ring (bicyclic) bond motifs is 1. The third-order valence-electron chi connectivity index (χ3n) is 3.22. The SMILES string of the molecule is O=C(COC(=O)/C=C/c1nc2ccccc2o1)Nc1cc(Cl)ccc1F. The molecule has 1 amide bonds. The maximum atomic E-state index is 13.5. The summed E-state index contributed by atoms with van der Waals surface area (Å²) in [6, 6.07) is 10.9. The fourth-order valence-corrected chi connectivity index (χ4v) is 2.24. The minimum Gasteiger partial charge on any atom is -0.452 e. The van der Waals surface area contributed by atoms with Crippen molar-refractivity contribution in [3.05, 3.63) is 65.3 Å². The Bertz CT molecular complexity index is 967. The lowest BCUT2D eigenvalue weighted by Crippen LogP contribution is -2.20. The number of anilines is 1. The van der Waals surface area contributed by atoms with Gasteiger partial charge in [-0.2, -0.15) is 0 Å².